The third kappa shape index (κ3) is 4.63. The first kappa shape index (κ1) is 17.3. The van der Waals surface area contributed by atoms with Crippen LogP contribution >= 0.6 is 0 Å². The summed E-state index contributed by atoms with van der Waals surface area (Å²) < 4.78 is 5.29. The van der Waals surface area contributed by atoms with Crippen molar-refractivity contribution < 1.29 is 14.6 Å². The van der Waals surface area contributed by atoms with Crippen molar-refractivity contribution in [1.29, 1.82) is 0 Å². The number of carbonyl (C=O) groups is 1. The van der Waals surface area contributed by atoms with Crippen LogP contribution in [0.1, 0.15) is 33.6 Å². The molecule has 0 aliphatic rings. The zero-order valence-electron chi connectivity index (χ0n) is 13.3. The summed E-state index contributed by atoms with van der Waals surface area (Å²) in [4.78, 5) is 11.1. The molecule has 1 aromatic rings. The van der Waals surface area contributed by atoms with Gasteiger partial charge in [-0.15, -0.1) is 0 Å². The van der Waals surface area contributed by atoms with E-state index in [0.29, 0.717) is 18.0 Å². The van der Waals surface area contributed by atoms with E-state index in [9.17, 15) is 9.90 Å². The molecule has 3 N–H and O–H groups in total. The highest BCUT2D eigenvalue weighted by Gasteiger charge is 2.24. The predicted octanol–water partition coefficient (Wildman–Crippen LogP) is 2.86. The molecule has 0 aromatic heterocycles. The van der Waals surface area contributed by atoms with Crippen LogP contribution in [0.25, 0.3) is 0 Å². The van der Waals surface area contributed by atoms with E-state index in [1.165, 1.54) is 6.92 Å². The summed E-state index contributed by atoms with van der Waals surface area (Å²) in [5, 5.41) is 15.7. The molecule has 0 saturated heterocycles. The molecule has 0 saturated carbocycles. The highest BCUT2D eigenvalue weighted by Crippen LogP contribution is 2.30. The van der Waals surface area contributed by atoms with Crippen molar-refractivity contribution in [2.24, 2.45) is 5.41 Å². The summed E-state index contributed by atoms with van der Waals surface area (Å²) in [5.41, 5.74) is 1.44. The van der Waals surface area contributed by atoms with E-state index in [0.717, 1.165) is 18.5 Å². The number of benzene rings is 1. The van der Waals surface area contributed by atoms with Crippen molar-refractivity contribution in [1.82, 2.24) is 0 Å². The maximum atomic E-state index is 11.1. The van der Waals surface area contributed by atoms with E-state index >= 15 is 0 Å². The molecule has 0 aliphatic heterocycles. The molecule has 0 atom stereocenters. The monoisotopic (exact) mass is 294 g/mol. The molecule has 1 aromatic carbocycles. The molecule has 0 heterocycles. The molecule has 118 valence electrons. The summed E-state index contributed by atoms with van der Waals surface area (Å²) in [5.74, 6) is 0.475. The minimum absolute atomic E-state index is 0.108. The molecule has 5 heteroatoms. The van der Waals surface area contributed by atoms with Gasteiger partial charge in [-0.25, -0.2) is 0 Å². The smallest absolute Gasteiger partial charge is 0.221 e. The Bertz CT molecular complexity index is 462. The first-order valence-electron chi connectivity index (χ1n) is 7.30. The molecule has 0 aliphatic carbocycles. The van der Waals surface area contributed by atoms with Gasteiger partial charge in [0.05, 0.1) is 19.4 Å². The number of nitrogens with one attached hydrogen (secondary N) is 2. The zero-order valence-corrected chi connectivity index (χ0v) is 13.3. The largest absolute Gasteiger partial charge is 0.494 e. The lowest BCUT2D eigenvalue weighted by Gasteiger charge is -2.30. The predicted molar refractivity (Wildman–Crippen MR) is 85.9 cm³/mol. The van der Waals surface area contributed by atoms with Gasteiger partial charge in [0.2, 0.25) is 5.91 Å². The standard InChI is InChI=1S/C16H26N2O3/c1-5-16(6-2,11-19)10-17-13-7-8-14(18-12(3)20)15(9-13)21-4/h7-9,17,19H,5-6,10-11H2,1-4H3,(H,18,20). The highest BCUT2D eigenvalue weighted by molar-refractivity contribution is 5.90. The Morgan fingerprint density at radius 3 is 2.48 bits per heavy atom. The third-order valence-electron chi connectivity index (χ3n) is 4.02. The van der Waals surface area contributed by atoms with E-state index in [1.807, 2.05) is 12.1 Å². The number of hydrogen-bond donors (Lipinski definition) is 3. The van der Waals surface area contributed by atoms with Gasteiger partial charge in [0, 0.05) is 30.6 Å². The summed E-state index contributed by atoms with van der Waals surface area (Å²) >= 11 is 0. The van der Waals surface area contributed by atoms with Crippen LogP contribution in [0, 0.1) is 5.41 Å². The number of aliphatic hydroxyl groups is 1. The van der Waals surface area contributed by atoms with Crippen LogP contribution in [0.5, 0.6) is 5.75 Å². The topological polar surface area (TPSA) is 70.6 Å². The van der Waals surface area contributed by atoms with Crippen LogP contribution in [0.2, 0.25) is 0 Å². The van der Waals surface area contributed by atoms with Gasteiger partial charge in [-0.2, -0.15) is 0 Å². The van der Waals surface area contributed by atoms with E-state index in [4.69, 9.17) is 4.74 Å². The van der Waals surface area contributed by atoms with E-state index in [-0.39, 0.29) is 17.9 Å². The average Bonchev–Trinajstić information content (AvgIpc) is 2.50. The first-order chi connectivity index (χ1) is 10.00. The first-order valence-corrected chi connectivity index (χ1v) is 7.30. The fourth-order valence-electron chi connectivity index (χ4n) is 2.16. The number of aliphatic hydroxyl groups excluding tert-OH is 1. The molecule has 0 spiro atoms. The number of ether oxygens (including phenoxy) is 1. The Morgan fingerprint density at radius 1 is 1.33 bits per heavy atom. The van der Waals surface area contributed by atoms with Crippen LogP contribution in [0.4, 0.5) is 11.4 Å². The van der Waals surface area contributed by atoms with Gasteiger partial charge in [0.1, 0.15) is 5.75 Å². The van der Waals surface area contributed by atoms with E-state index in [1.54, 1.807) is 13.2 Å². The fraction of sp³-hybridized carbons (Fsp3) is 0.562. The van der Waals surface area contributed by atoms with Crippen molar-refractivity contribution in [2.75, 3.05) is 30.9 Å². The molecule has 0 bridgehead atoms. The van der Waals surface area contributed by atoms with Gasteiger partial charge in [0.15, 0.2) is 0 Å². The normalized spacial score (nSPS) is 11.1. The molecule has 21 heavy (non-hydrogen) atoms. The second kappa shape index (κ2) is 7.88. The van der Waals surface area contributed by atoms with Crippen LogP contribution in [-0.4, -0.2) is 31.3 Å². The summed E-state index contributed by atoms with van der Waals surface area (Å²) in [6.45, 7) is 6.49. The molecule has 5 nitrogen and oxygen atoms in total. The molecule has 1 amide bonds. The van der Waals surface area contributed by atoms with Crippen molar-refractivity contribution in [3.63, 3.8) is 0 Å². The average molecular weight is 294 g/mol. The lowest BCUT2D eigenvalue weighted by atomic mass is 9.83. The van der Waals surface area contributed by atoms with Gasteiger partial charge >= 0.3 is 0 Å². The molecule has 1 rings (SSSR count). The summed E-state index contributed by atoms with van der Waals surface area (Å²) in [6.07, 6.45) is 1.82. The lowest BCUT2D eigenvalue weighted by Crippen LogP contribution is -2.32. The minimum atomic E-state index is -0.134. The molecule has 0 radical (unpaired) electrons. The number of rotatable bonds is 8. The number of hydrogen-bond acceptors (Lipinski definition) is 4. The second-order valence-corrected chi connectivity index (χ2v) is 5.32. The Kier molecular flexibility index (Phi) is 6.49. The van der Waals surface area contributed by atoms with Gasteiger partial charge < -0.3 is 20.5 Å². The van der Waals surface area contributed by atoms with Gasteiger partial charge in [-0.3, -0.25) is 4.79 Å². The van der Waals surface area contributed by atoms with Crippen LogP contribution in [0.15, 0.2) is 18.2 Å². The highest BCUT2D eigenvalue weighted by atomic mass is 16.5. The van der Waals surface area contributed by atoms with Gasteiger partial charge in [-0.05, 0) is 25.0 Å². The number of methoxy groups -OCH3 is 1. The fourth-order valence-corrected chi connectivity index (χ4v) is 2.16. The number of carbonyl (C=O) groups excluding carboxylic acids is 1. The van der Waals surface area contributed by atoms with Crippen LogP contribution in [-0.2, 0) is 4.79 Å². The zero-order chi connectivity index (χ0) is 15.9. The van der Waals surface area contributed by atoms with Crippen LogP contribution < -0.4 is 15.4 Å². The third-order valence-corrected chi connectivity index (χ3v) is 4.02. The quantitative estimate of drug-likeness (QED) is 0.689. The summed E-state index contributed by atoms with van der Waals surface area (Å²) in [7, 11) is 1.57. The molecular formula is C16H26N2O3. The maximum Gasteiger partial charge on any atom is 0.221 e. The SMILES string of the molecule is CCC(CC)(CO)CNc1ccc(NC(C)=O)c(OC)c1. The Hall–Kier alpha value is -1.75. The Labute approximate surface area is 126 Å². The maximum absolute atomic E-state index is 11.1. The number of anilines is 2. The molecule has 0 fully saturated rings. The van der Waals surface area contributed by atoms with Gasteiger partial charge in [0.25, 0.3) is 0 Å². The Balaban J connectivity index is 2.83. The van der Waals surface area contributed by atoms with Crippen LogP contribution in [0.3, 0.4) is 0 Å². The van der Waals surface area contributed by atoms with Crippen molar-refractivity contribution >= 4 is 17.3 Å². The number of amides is 1. The second-order valence-electron chi connectivity index (χ2n) is 5.32. The van der Waals surface area contributed by atoms with E-state index in [2.05, 4.69) is 24.5 Å². The van der Waals surface area contributed by atoms with Gasteiger partial charge in [-0.1, -0.05) is 13.8 Å². The molecular weight excluding hydrogens is 268 g/mol. The molecule has 0 unspecified atom stereocenters. The van der Waals surface area contributed by atoms with E-state index < -0.39 is 0 Å². The minimum Gasteiger partial charge on any atom is -0.494 e. The van der Waals surface area contributed by atoms with Crippen molar-refractivity contribution in [3.8, 4) is 5.75 Å². The lowest BCUT2D eigenvalue weighted by molar-refractivity contribution is -0.114. The van der Waals surface area contributed by atoms with Crippen molar-refractivity contribution in [3.05, 3.63) is 18.2 Å². The Morgan fingerprint density at radius 2 is 2.00 bits per heavy atom. The summed E-state index contributed by atoms with van der Waals surface area (Å²) in [6, 6.07) is 5.54. The van der Waals surface area contributed by atoms with Crippen molar-refractivity contribution in [2.45, 2.75) is 33.6 Å².